The lowest BCUT2D eigenvalue weighted by Gasteiger charge is -2.25. The van der Waals surface area contributed by atoms with E-state index in [0.29, 0.717) is 0 Å². The van der Waals surface area contributed by atoms with Crippen molar-refractivity contribution in [2.45, 2.75) is 52.5 Å². The molecule has 0 saturated carbocycles. The van der Waals surface area contributed by atoms with Crippen LogP contribution in [-0.4, -0.2) is 24.6 Å². The fourth-order valence-corrected chi connectivity index (χ4v) is 3.53. The van der Waals surface area contributed by atoms with E-state index in [-0.39, 0.29) is 0 Å². The van der Waals surface area contributed by atoms with E-state index in [0.717, 1.165) is 19.5 Å². The molecule has 0 aromatic carbocycles. The second-order valence-electron chi connectivity index (χ2n) is 4.94. The number of aromatic nitrogens is 1. The summed E-state index contributed by atoms with van der Waals surface area (Å²) in [6.45, 7) is 8.79. The Morgan fingerprint density at radius 2 is 2.00 bits per heavy atom. The summed E-state index contributed by atoms with van der Waals surface area (Å²) in [5, 5.41) is 4.69. The van der Waals surface area contributed by atoms with Crippen molar-refractivity contribution in [2.24, 2.45) is 0 Å². The van der Waals surface area contributed by atoms with E-state index in [1.807, 2.05) is 11.3 Å². The van der Waals surface area contributed by atoms with Crippen molar-refractivity contribution in [3.05, 3.63) is 10.6 Å². The number of anilines is 1. The van der Waals surface area contributed by atoms with Crippen LogP contribution in [0.1, 0.15) is 50.1 Å². The minimum absolute atomic E-state index is 0.983. The van der Waals surface area contributed by atoms with Crippen LogP contribution in [0.15, 0.2) is 0 Å². The van der Waals surface area contributed by atoms with Gasteiger partial charge in [-0.2, -0.15) is 0 Å². The number of piperidine rings is 1. The highest BCUT2D eigenvalue weighted by Crippen LogP contribution is 2.29. The molecule has 0 bridgehead atoms. The Kier molecular flexibility index (Phi) is 5.45. The molecule has 3 nitrogen and oxygen atoms in total. The zero-order valence-electron chi connectivity index (χ0n) is 11.7. The van der Waals surface area contributed by atoms with Crippen LogP contribution >= 0.6 is 11.3 Å². The molecule has 18 heavy (non-hydrogen) atoms. The topological polar surface area (TPSA) is 28.2 Å². The van der Waals surface area contributed by atoms with Crippen LogP contribution in [0, 0.1) is 0 Å². The molecule has 0 amide bonds. The van der Waals surface area contributed by atoms with E-state index in [1.165, 1.54) is 54.5 Å². The highest BCUT2D eigenvalue weighted by atomic mass is 32.1. The summed E-state index contributed by atoms with van der Waals surface area (Å²) in [5.41, 5.74) is 1.32. The Morgan fingerprint density at radius 3 is 2.67 bits per heavy atom. The lowest BCUT2D eigenvalue weighted by Crippen LogP contribution is -2.29. The molecule has 1 N–H and O–H groups in total. The Bertz CT molecular complexity index is 356. The van der Waals surface area contributed by atoms with Gasteiger partial charge in [-0.25, -0.2) is 4.98 Å². The number of aryl methyl sites for hydroxylation is 1. The molecule has 1 aliphatic rings. The van der Waals surface area contributed by atoms with Gasteiger partial charge in [0.15, 0.2) is 5.13 Å². The summed E-state index contributed by atoms with van der Waals surface area (Å²) in [6.07, 6.45) is 6.33. The third kappa shape index (κ3) is 3.45. The van der Waals surface area contributed by atoms with Crippen LogP contribution < -0.4 is 10.2 Å². The number of rotatable bonds is 6. The SMILES string of the molecule is CCCc1nc(N2CCCCC2)sc1CNCC. The first kappa shape index (κ1) is 13.8. The first-order valence-corrected chi connectivity index (χ1v) is 8.11. The van der Waals surface area contributed by atoms with Crippen molar-refractivity contribution in [1.82, 2.24) is 10.3 Å². The van der Waals surface area contributed by atoms with Gasteiger partial charge in [0.2, 0.25) is 0 Å². The van der Waals surface area contributed by atoms with Crippen LogP contribution in [-0.2, 0) is 13.0 Å². The van der Waals surface area contributed by atoms with Crippen LogP contribution in [0.25, 0.3) is 0 Å². The first-order valence-electron chi connectivity index (χ1n) is 7.29. The van der Waals surface area contributed by atoms with Gasteiger partial charge in [0, 0.05) is 24.5 Å². The van der Waals surface area contributed by atoms with Gasteiger partial charge >= 0.3 is 0 Å². The molecule has 0 atom stereocenters. The monoisotopic (exact) mass is 267 g/mol. The quantitative estimate of drug-likeness (QED) is 0.858. The molecular formula is C14H25N3S. The van der Waals surface area contributed by atoms with Crippen LogP contribution in [0.5, 0.6) is 0 Å². The average molecular weight is 267 g/mol. The molecule has 2 rings (SSSR count). The van der Waals surface area contributed by atoms with Crippen molar-refractivity contribution in [1.29, 1.82) is 0 Å². The van der Waals surface area contributed by atoms with Crippen molar-refractivity contribution in [3.63, 3.8) is 0 Å². The molecule has 1 aromatic heterocycles. The van der Waals surface area contributed by atoms with Gasteiger partial charge in [0.1, 0.15) is 0 Å². The Hall–Kier alpha value is -0.610. The predicted molar refractivity (Wildman–Crippen MR) is 79.6 cm³/mol. The third-order valence-electron chi connectivity index (χ3n) is 3.42. The van der Waals surface area contributed by atoms with Crippen molar-refractivity contribution >= 4 is 16.5 Å². The molecule has 0 radical (unpaired) electrons. The van der Waals surface area contributed by atoms with Crippen molar-refractivity contribution in [3.8, 4) is 0 Å². The van der Waals surface area contributed by atoms with Gasteiger partial charge in [-0.3, -0.25) is 0 Å². The summed E-state index contributed by atoms with van der Waals surface area (Å²) in [5.74, 6) is 0. The van der Waals surface area contributed by atoms with Crippen LogP contribution in [0.4, 0.5) is 5.13 Å². The molecule has 0 unspecified atom stereocenters. The Morgan fingerprint density at radius 1 is 1.22 bits per heavy atom. The smallest absolute Gasteiger partial charge is 0.185 e. The number of hydrogen-bond donors (Lipinski definition) is 1. The second kappa shape index (κ2) is 7.10. The summed E-state index contributed by atoms with van der Waals surface area (Å²) in [7, 11) is 0. The molecule has 1 aromatic rings. The van der Waals surface area contributed by atoms with Gasteiger partial charge in [-0.15, -0.1) is 11.3 Å². The summed E-state index contributed by atoms with van der Waals surface area (Å²) < 4.78 is 0. The van der Waals surface area contributed by atoms with Gasteiger partial charge in [-0.1, -0.05) is 20.3 Å². The number of thiazole rings is 1. The van der Waals surface area contributed by atoms with Gasteiger partial charge in [-0.05, 0) is 32.2 Å². The molecule has 1 fully saturated rings. The molecule has 4 heteroatoms. The second-order valence-corrected chi connectivity index (χ2v) is 6.01. The third-order valence-corrected chi connectivity index (χ3v) is 4.57. The molecule has 2 heterocycles. The number of hydrogen-bond acceptors (Lipinski definition) is 4. The molecule has 1 aliphatic heterocycles. The van der Waals surface area contributed by atoms with E-state index < -0.39 is 0 Å². The normalized spacial score (nSPS) is 16.2. The highest BCUT2D eigenvalue weighted by molar-refractivity contribution is 7.15. The fourth-order valence-electron chi connectivity index (χ4n) is 2.40. The fraction of sp³-hybridized carbons (Fsp3) is 0.786. The van der Waals surface area contributed by atoms with Crippen LogP contribution in [0.3, 0.4) is 0 Å². The van der Waals surface area contributed by atoms with E-state index in [1.54, 1.807) is 0 Å². The Balaban J connectivity index is 2.09. The molecule has 0 spiro atoms. The maximum Gasteiger partial charge on any atom is 0.185 e. The van der Waals surface area contributed by atoms with E-state index in [2.05, 4.69) is 24.1 Å². The van der Waals surface area contributed by atoms with E-state index in [4.69, 9.17) is 4.98 Å². The highest BCUT2D eigenvalue weighted by Gasteiger charge is 2.17. The zero-order valence-corrected chi connectivity index (χ0v) is 12.5. The largest absolute Gasteiger partial charge is 0.348 e. The standard InChI is InChI=1S/C14H25N3S/c1-3-8-12-13(11-15-4-2)18-14(16-12)17-9-6-5-7-10-17/h15H,3-11H2,1-2H3. The summed E-state index contributed by atoms with van der Waals surface area (Å²) in [4.78, 5) is 8.80. The maximum absolute atomic E-state index is 4.88. The van der Waals surface area contributed by atoms with E-state index >= 15 is 0 Å². The lowest BCUT2D eigenvalue weighted by atomic mass is 10.1. The molecular weight excluding hydrogens is 242 g/mol. The molecule has 0 aliphatic carbocycles. The zero-order chi connectivity index (χ0) is 12.8. The number of nitrogens with zero attached hydrogens (tertiary/aromatic N) is 2. The Labute approximate surface area is 115 Å². The molecule has 102 valence electrons. The summed E-state index contributed by atoms with van der Waals surface area (Å²) in [6, 6.07) is 0. The van der Waals surface area contributed by atoms with Crippen molar-refractivity contribution < 1.29 is 0 Å². The molecule has 1 saturated heterocycles. The first-order chi connectivity index (χ1) is 8.85. The predicted octanol–water partition coefficient (Wildman–Crippen LogP) is 3.20. The van der Waals surface area contributed by atoms with Gasteiger partial charge in [0.05, 0.1) is 5.69 Å². The average Bonchev–Trinajstić information content (AvgIpc) is 2.81. The van der Waals surface area contributed by atoms with Crippen LogP contribution in [0.2, 0.25) is 0 Å². The summed E-state index contributed by atoms with van der Waals surface area (Å²) >= 11 is 1.90. The van der Waals surface area contributed by atoms with Gasteiger partial charge < -0.3 is 10.2 Å². The maximum atomic E-state index is 4.88. The number of nitrogens with one attached hydrogen (secondary N) is 1. The lowest BCUT2D eigenvalue weighted by molar-refractivity contribution is 0.576. The minimum Gasteiger partial charge on any atom is -0.348 e. The van der Waals surface area contributed by atoms with Gasteiger partial charge in [0.25, 0.3) is 0 Å². The van der Waals surface area contributed by atoms with E-state index in [9.17, 15) is 0 Å². The van der Waals surface area contributed by atoms with Crippen molar-refractivity contribution in [2.75, 3.05) is 24.5 Å². The minimum atomic E-state index is 0.983.